The molecule has 2 aliphatic rings. The van der Waals surface area contributed by atoms with E-state index in [-0.39, 0.29) is 30.8 Å². The van der Waals surface area contributed by atoms with E-state index in [1.807, 2.05) is 48.5 Å². The fourth-order valence-electron chi connectivity index (χ4n) is 4.90. The van der Waals surface area contributed by atoms with Gasteiger partial charge in [-0.25, -0.2) is 4.79 Å². The summed E-state index contributed by atoms with van der Waals surface area (Å²) in [6, 6.07) is 15.4. The van der Waals surface area contributed by atoms with Gasteiger partial charge >= 0.3 is 6.09 Å². The zero-order valence-electron chi connectivity index (χ0n) is 24.6. The van der Waals surface area contributed by atoms with E-state index in [4.69, 9.17) is 14.2 Å². The van der Waals surface area contributed by atoms with Crippen LogP contribution < -0.4 is 15.5 Å². The predicted octanol–water partition coefficient (Wildman–Crippen LogP) is 4.48. The zero-order chi connectivity index (χ0) is 30.1. The number of carbonyl (C=O) groups is 3. The van der Waals surface area contributed by atoms with Crippen LogP contribution in [0.25, 0.3) is 0 Å². The number of rotatable bonds is 13. The van der Waals surface area contributed by atoms with Gasteiger partial charge in [-0.1, -0.05) is 54.3 Å². The molecule has 2 aromatic carbocycles. The summed E-state index contributed by atoms with van der Waals surface area (Å²) in [6.07, 6.45) is 8.82. The Morgan fingerprint density at radius 1 is 0.791 bits per heavy atom. The van der Waals surface area contributed by atoms with E-state index in [9.17, 15) is 14.4 Å². The van der Waals surface area contributed by atoms with Crippen LogP contribution in [0.2, 0.25) is 0 Å². The summed E-state index contributed by atoms with van der Waals surface area (Å²) in [4.78, 5) is 39.3. The van der Waals surface area contributed by atoms with E-state index >= 15 is 0 Å². The molecule has 0 aromatic heterocycles. The highest BCUT2D eigenvalue weighted by Gasteiger charge is 2.21. The lowest BCUT2D eigenvalue weighted by molar-refractivity contribution is -0.125. The van der Waals surface area contributed by atoms with Crippen molar-refractivity contribution in [3.05, 3.63) is 77.4 Å². The first kappa shape index (κ1) is 31.8. The lowest BCUT2D eigenvalue weighted by Gasteiger charge is -2.26. The van der Waals surface area contributed by atoms with Crippen LogP contribution in [0.3, 0.4) is 0 Å². The first-order valence-electron chi connectivity index (χ1n) is 15.1. The molecule has 1 unspecified atom stereocenters. The Balaban J connectivity index is 1.05. The zero-order valence-corrected chi connectivity index (χ0v) is 24.6. The largest absolute Gasteiger partial charge is 0.446 e. The van der Waals surface area contributed by atoms with Crippen LogP contribution in [-0.4, -0.2) is 63.5 Å². The monoisotopic (exact) mass is 587 g/mol. The Kier molecular flexibility index (Phi) is 13.1. The van der Waals surface area contributed by atoms with Gasteiger partial charge in [0, 0.05) is 37.1 Å². The molecule has 0 spiro atoms. The molecule has 0 saturated heterocycles. The quantitative estimate of drug-likeness (QED) is 0.203. The number of nitrogens with one attached hydrogen (secondary N) is 2. The van der Waals surface area contributed by atoms with Gasteiger partial charge in [-0.3, -0.25) is 9.59 Å². The Morgan fingerprint density at radius 3 is 2.33 bits per heavy atom. The van der Waals surface area contributed by atoms with Crippen LogP contribution in [0.5, 0.6) is 0 Å². The van der Waals surface area contributed by atoms with Gasteiger partial charge in [0.25, 0.3) is 0 Å². The maximum atomic E-state index is 13.2. The van der Waals surface area contributed by atoms with Gasteiger partial charge in [0.15, 0.2) is 0 Å². The third kappa shape index (κ3) is 10.9. The van der Waals surface area contributed by atoms with Crippen molar-refractivity contribution in [2.75, 3.05) is 44.4 Å². The summed E-state index contributed by atoms with van der Waals surface area (Å²) < 4.78 is 16.5. The minimum atomic E-state index is -0.404. The number of amides is 3. The fourth-order valence-corrected chi connectivity index (χ4v) is 4.90. The highest BCUT2D eigenvalue weighted by Crippen LogP contribution is 2.26. The third-order valence-electron chi connectivity index (χ3n) is 7.19. The second kappa shape index (κ2) is 17.7. The van der Waals surface area contributed by atoms with Crippen LogP contribution in [0.4, 0.5) is 10.5 Å². The molecule has 3 amide bonds. The van der Waals surface area contributed by atoms with Crippen LogP contribution in [0, 0.1) is 11.8 Å². The van der Waals surface area contributed by atoms with E-state index in [2.05, 4.69) is 34.6 Å². The molecule has 1 atom stereocenters. The van der Waals surface area contributed by atoms with Crippen molar-refractivity contribution >= 4 is 23.6 Å². The lowest BCUT2D eigenvalue weighted by Crippen LogP contribution is -2.34. The molecule has 0 bridgehead atoms. The molecule has 228 valence electrons. The second-order valence-electron chi connectivity index (χ2n) is 10.4. The van der Waals surface area contributed by atoms with Crippen molar-refractivity contribution in [3.8, 4) is 11.8 Å². The molecule has 4 rings (SSSR count). The SMILES string of the molecule is O=C(CCC(=O)N1Cc2ccccc2C#Cc2ccccc21)NCCOCCOCCNC(=O)OC1CC/C=C\CCC1. The molecule has 1 aliphatic carbocycles. The van der Waals surface area contributed by atoms with Crippen LogP contribution in [0.1, 0.15) is 61.6 Å². The summed E-state index contributed by atoms with van der Waals surface area (Å²) in [6.45, 7) is 2.54. The van der Waals surface area contributed by atoms with Gasteiger partial charge in [-0.15, -0.1) is 0 Å². The van der Waals surface area contributed by atoms with Crippen molar-refractivity contribution in [1.29, 1.82) is 0 Å². The average molecular weight is 588 g/mol. The number of carbonyl (C=O) groups excluding carboxylic acids is 3. The highest BCUT2D eigenvalue weighted by atomic mass is 16.6. The standard InChI is InChI=1S/C34H41N3O6/c38-32(35-20-22-41-24-25-42-23-21-36-34(40)43-30-13-4-2-1-3-5-14-30)18-19-33(39)37-26-29-12-7-6-10-27(29)16-17-28-11-8-9-15-31(28)37/h1-2,6-12,15,30H,3-5,13-14,18-26H2,(H,35,38)(H,36,40)/b2-1-. The fraction of sp³-hybridized carbons (Fsp3) is 0.441. The molecular weight excluding hydrogens is 546 g/mol. The molecular formula is C34H41N3O6. The first-order chi connectivity index (χ1) is 21.1. The van der Waals surface area contributed by atoms with Crippen molar-refractivity contribution in [1.82, 2.24) is 10.6 Å². The van der Waals surface area contributed by atoms with E-state index < -0.39 is 6.09 Å². The van der Waals surface area contributed by atoms with Gasteiger partial charge in [0.2, 0.25) is 11.8 Å². The minimum absolute atomic E-state index is 0.0323. The number of alkyl carbamates (subject to hydrolysis) is 1. The Hall–Kier alpha value is -4.13. The Morgan fingerprint density at radius 2 is 1.49 bits per heavy atom. The normalized spacial score (nSPS) is 16.5. The number of nitrogens with zero attached hydrogens (tertiary/aromatic N) is 1. The summed E-state index contributed by atoms with van der Waals surface area (Å²) in [5.41, 5.74) is 3.41. The number of benzene rings is 2. The smallest absolute Gasteiger partial charge is 0.407 e. The molecule has 0 radical (unpaired) electrons. The number of anilines is 1. The van der Waals surface area contributed by atoms with E-state index in [0.29, 0.717) is 46.1 Å². The lowest BCUT2D eigenvalue weighted by atomic mass is 10.0. The molecule has 1 heterocycles. The van der Waals surface area contributed by atoms with Gasteiger partial charge in [0.05, 0.1) is 38.7 Å². The van der Waals surface area contributed by atoms with Crippen LogP contribution in [0.15, 0.2) is 60.7 Å². The number of para-hydroxylation sites is 1. The van der Waals surface area contributed by atoms with Gasteiger partial charge in [-0.05, 0) is 55.9 Å². The molecule has 2 aromatic rings. The van der Waals surface area contributed by atoms with Crippen molar-refractivity contribution in [3.63, 3.8) is 0 Å². The summed E-state index contributed by atoms with van der Waals surface area (Å²) in [7, 11) is 0. The maximum absolute atomic E-state index is 13.2. The molecule has 9 nitrogen and oxygen atoms in total. The maximum Gasteiger partial charge on any atom is 0.407 e. The molecule has 0 fully saturated rings. The molecule has 43 heavy (non-hydrogen) atoms. The van der Waals surface area contributed by atoms with E-state index in [0.717, 1.165) is 54.5 Å². The second-order valence-corrected chi connectivity index (χ2v) is 10.4. The Labute approximate surface area is 253 Å². The molecule has 9 heteroatoms. The molecule has 1 aliphatic heterocycles. The summed E-state index contributed by atoms with van der Waals surface area (Å²) in [5.74, 6) is 6.05. The van der Waals surface area contributed by atoms with Crippen molar-refractivity contribution in [2.45, 2.75) is 57.6 Å². The first-order valence-corrected chi connectivity index (χ1v) is 15.1. The number of allylic oxidation sites excluding steroid dienone is 2. The predicted molar refractivity (Wildman–Crippen MR) is 164 cm³/mol. The average Bonchev–Trinajstić information content (AvgIpc) is 2.99. The minimum Gasteiger partial charge on any atom is -0.446 e. The number of fused-ring (bicyclic) bond motifs is 2. The van der Waals surface area contributed by atoms with Crippen LogP contribution in [-0.2, 0) is 30.3 Å². The van der Waals surface area contributed by atoms with E-state index in [1.54, 1.807) is 4.90 Å². The number of ether oxygens (including phenoxy) is 3. The molecule has 0 saturated carbocycles. The number of hydrogen-bond donors (Lipinski definition) is 2. The topological polar surface area (TPSA) is 106 Å². The summed E-state index contributed by atoms with van der Waals surface area (Å²) in [5, 5.41) is 5.52. The Bertz CT molecular complexity index is 1310. The summed E-state index contributed by atoms with van der Waals surface area (Å²) >= 11 is 0. The van der Waals surface area contributed by atoms with E-state index in [1.165, 1.54) is 0 Å². The third-order valence-corrected chi connectivity index (χ3v) is 7.19. The van der Waals surface area contributed by atoms with Crippen LogP contribution >= 0.6 is 0 Å². The van der Waals surface area contributed by atoms with Crippen molar-refractivity contribution in [2.24, 2.45) is 0 Å². The van der Waals surface area contributed by atoms with Gasteiger partial charge in [0.1, 0.15) is 6.10 Å². The van der Waals surface area contributed by atoms with Crippen molar-refractivity contribution < 1.29 is 28.6 Å². The number of hydrogen-bond acceptors (Lipinski definition) is 6. The molecule has 2 N–H and O–H groups in total. The van der Waals surface area contributed by atoms with Gasteiger partial charge in [-0.2, -0.15) is 0 Å². The van der Waals surface area contributed by atoms with Gasteiger partial charge < -0.3 is 29.7 Å². The highest BCUT2D eigenvalue weighted by molar-refractivity contribution is 5.96.